The molecular weight excluding hydrogens is 340 g/mol. The lowest BCUT2D eigenvalue weighted by molar-refractivity contribution is 0.0535. The Balaban J connectivity index is 1.60. The van der Waals surface area contributed by atoms with Gasteiger partial charge in [-0.25, -0.2) is 9.78 Å². The number of hydrogen-bond acceptors (Lipinski definition) is 5. The summed E-state index contributed by atoms with van der Waals surface area (Å²) in [6.45, 7) is 0.326. The second-order valence-corrected chi connectivity index (χ2v) is 5.92. The first-order valence-corrected chi connectivity index (χ1v) is 8.02. The van der Waals surface area contributed by atoms with Gasteiger partial charge in [0.2, 0.25) is 5.88 Å². The molecular formula is C19H13ClN2O3. The van der Waals surface area contributed by atoms with Crippen molar-refractivity contribution in [2.75, 3.05) is 5.32 Å². The summed E-state index contributed by atoms with van der Waals surface area (Å²) >= 11 is 5.89. The number of aromatic nitrogens is 1. The number of cyclic esters (lactones) is 1. The molecule has 0 fully saturated rings. The zero-order valence-corrected chi connectivity index (χ0v) is 13.8. The van der Waals surface area contributed by atoms with Crippen LogP contribution < -0.4 is 10.1 Å². The molecule has 0 atom stereocenters. The number of anilines is 2. The number of carbonyl (C=O) groups excluding carboxylic acids is 1. The number of carbonyl (C=O) groups is 1. The van der Waals surface area contributed by atoms with E-state index in [1.165, 1.54) is 0 Å². The number of hydrogen-bond donors (Lipinski definition) is 1. The van der Waals surface area contributed by atoms with Gasteiger partial charge in [-0.05, 0) is 48.5 Å². The van der Waals surface area contributed by atoms with Crippen LogP contribution in [-0.4, -0.2) is 11.0 Å². The third kappa shape index (κ3) is 3.27. The van der Waals surface area contributed by atoms with Crippen LogP contribution in [0.15, 0.2) is 60.8 Å². The zero-order chi connectivity index (χ0) is 17.2. The van der Waals surface area contributed by atoms with Gasteiger partial charge in [0.05, 0.1) is 5.56 Å². The molecule has 5 nitrogen and oxygen atoms in total. The Morgan fingerprint density at radius 1 is 1.12 bits per heavy atom. The number of nitrogens with zero attached hydrogens (tertiary/aromatic N) is 1. The van der Waals surface area contributed by atoms with Crippen molar-refractivity contribution < 1.29 is 14.3 Å². The van der Waals surface area contributed by atoms with E-state index in [2.05, 4.69) is 10.3 Å². The SMILES string of the molecule is O=C1OCc2ccc(Nc3cccnc3Oc3ccc(Cl)cc3)cc21. The smallest absolute Gasteiger partial charge is 0.338 e. The Hall–Kier alpha value is -3.05. The highest BCUT2D eigenvalue weighted by Crippen LogP contribution is 2.31. The van der Waals surface area contributed by atoms with Crippen LogP contribution >= 0.6 is 11.6 Å². The molecule has 2 aromatic carbocycles. The Labute approximate surface area is 149 Å². The van der Waals surface area contributed by atoms with Crippen LogP contribution in [-0.2, 0) is 11.3 Å². The van der Waals surface area contributed by atoms with Crippen LogP contribution in [0.2, 0.25) is 5.02 Å². The van der Waals surface area contributed by atoms with Crippen LogP contribution in [0.25, 0.3) is 0 Å². The summed E-state index contributed by atoms with van der Waals surface area (Å²) in [6.07, 6.45) is 1.65. The summed E-state index contributed by atoms with van der Waals surface area (Å²) in [5.41, 5.74) is 2.91. The number of ether oxygens (including phenoxy) is 2. The van der Waals surface area contributed by atoms with E-state index in [4.69, 9.17) is 21.1 Å². The normalized spacial score (nSPS) is 12.4. The first-order chi connectivity index (χ1) is 12.2. The van der Waals surface area contributed by atoms with Gasteiger partial charge >= 0.3 is 5.97 Å². The number of pyridine rings is 1. The van der Waals surface area contributed by atoms with Crippen molar-refractivity contribution >= 4 is 28.9 Å². The lowest BCUT2D eigenvalue weighted by Crippen LogP contribution is -1.98. The fourth-order valence-electron chi connectivity index (χ4n) is 2.53. The van der Waals surface area contributed by atoms with Crippen LogP contribution in [0.3, 0.4) is 0 Å². The minimum atomic E-state index is -0.303. The Bertz CT molecular complexity index is 942. The van der Waals surface area contributed by atoms with Crippen molar-refractivity contribution in [3.05, 3.63) is 76.9 Å². The molecule has 0 saturated carbocycles. The largest absolute Gasteiger partial charge is 0.457 e. The summed E-state index contributed by atoms with van der Waals surface area (Å²) in [5, 5.41) is 3.87. The van der Waals surface area contributed by atoms with E-state index in [0.717, 1.165) is 11.3 Å². The van der Waals surface area contributed by atoms with Gasteiger partial charge in [-0.3, -0.25) is 0 Å². The molecule has 0 amide bonds. The fourth-order valence-corrected chi connectivity index (χ4v) is 2.65. The van der Waals surface area contributed by atoms with E-state index >= 15 is 0 Å². The van der Waals surface area contributed by atoms with Gasteiger partial charge in [0.1, 0.15) is 18.0 Å². The van der Waals surface area contributed by atoms with E-state index in [9.17, 15) is 4.79 Å². The topological polar surface area (TPSA) is 60.5 Å². The van der Waals surface area contributed by atoms with E-state index in [1.807, 2.05) is 18.2 Å². The Morgan fingerprint density at radius 3 is 2.80 bits per heavy atom. The summed E-state index contributed by atoms with van der Waals surface area (Å²) < 4.78 is 10.9. The van der Waals surface area contributed by atoms with Crippen LogP contribution in [0, 0.1) is 0 Å². The maximum Gasteiger partial charge on any atom is 0.338 e. The number of benzene rings is 2. The minimum Gasteiger partial charge on any atom is -0.457 e. The van der Waals surface area contributed by atoms with Crippen molar-refractivity contribution in [1.29, 1.82) is 0 Å². The fraction of sp³-hybridized carbons (Fsp3) is 0.0526. The lowest BCUT2D eigenvalue weighted by Gasteiger charge is -2.12. The van der Waals surface area contributed by atoms with E-state index in [1.54, 1.807) is 42.6 Å². The third-order valence-corrected chi connectivity index (χ3v) is 4.02. The summed E-state index contributed by atoms with van der Waals surface area (Å²) in [6, 6.07) is 16.2. The number of rotatable bonds is 4. The number of esters is 1. The van der Waals surface area contributed by atoms with E-state index in [-0.39, 0.29) is 5.97 Å². The molecule has 1 N–H and O–H groups in total. The first-order valence-electron chi connectivity index (χ1n) is 7.64. The van der Waals surface area contributed by atoms with Crippen LogP contribution in [0.5, 0.6) is 11.6 Å². The minimum absolute atomic E-state index is 0.303. The molecule has 4 rings (SSSR count). The molecule has 6 heteroatoms. The molecule has 1 aromatic heterocycles. The van der Waals surface area contributed by atoms with Gasteiger partial charge < -0.3 is 14.8 Å². The highest BCUT2D eigenvalue weighted by Gasteiger charge is 2.21. The number of halogens is 1. The second kappa shape index (κ2) is 6.45. The molecule has 0 aliphatic carbocycles. The average molecular weight is 353 g/mol. The highest BCUT2D eigenvalue weighted by molar-refractivity contribution is 6.30. The molecule has 0 bridgehead atoms. The molecule has 1 aliphatic rings. The number of fused-ring (bicyclic) bond motifs is 1. The quantitative estimate of drug-likeness (QED) is 0.674. The molecule has 2 heterocycles. The van der Waals surface area contributed by atoms with Crippen LogP contribution in [0.1, 0.15) is 15.9 Å². The molecule has 0 radical (unpaired) electrons. The van der Waals surface area contributed by atoms with Crippen molar-refractivity contribution in [2.24, 2.45) is 0 Å². The summed E-state index contributed by atoms with van der Waals surface area (Å²) in [7, 11) is 0. The monoisotopic (exact) mass is 352 g/mol. The second-order valence-electron chi connectivity index (χ2n) is 5.49. The van der Waals surface area contributed by atoms with Gasteiger partial charge in [-0.15, -0.1) is 0 Å². The number of nitrogens with one attached hydrogen (secondary N) is 1. The molecule has 0 saturated heterocycles. The van der Waals surface area contributed by atoms with Gasteiger partial charge in [0.25, 0.3) is 0 Å². The molecule has 0 unspecified atom stereocenters. The van der Waals surface area contributed by atoms with Crippen LogP contribution in [0.4, 0.5) is 11.4 Å². The van der Waals surface area contributed by atoms with Crippen molar-refractivity contribution in [1.82, 2.24) is 4.98 Å². The Kier molecular flexibility index (Phi) is 3.99. The summed E-state index contributed by atoms with van der Waals surface area (Å²) in [5.74, 6) is 0.749. The van der Waals surface area contributed by atoms with Gasteiger partial charge in [0, 0.05) is 22.5 Å². The first kappa shape index (κ1) is 15.5. The average Bonchev–Trinajstić information content (AvgIpc) is 2.99. The van der Waals surface area contributed by atoms with E-state index < -0.39 is 0 Å². The predicted octanol–water partition coefficient (Wildman–Crippen LogP) is 4.94. The summed E-state index contributed by atoms with van der Waals surface area (Å²) in [4.78, 5) is 16.0. The standard InChI is InChI=1S/C19H13ClN2O3/c20-13-4-7-15(8-5-13)25-18-17(2-1-9-21-18)22-14-6-3-12-11-24-19(23)16(12)10-14/h1-10,22H,11H2. The molecule has 124 valence electrons. The third-order valence-electron chi connectivity index (χ3n) is 3.77. The Morgan fingerprint density at radius 2 is 1.96 bits per heavy atom. The zero-order valence-electron chi connectivity index (χ0n) is 13.0. The van der Waals surface area contributed by atoms with Gasteiger partial charge in [-0.2, -0.15) is 0 Å². The molecule has 3 aromatic rings. The molecule has 25 heavy (non-hydrogen) atoms. The maximum absolute atomic E-state index is 11.7. The molecule has 1 aliphatic heterocycles. The lowest BCUT2D eigenvalue weighted by atomic mass is 10.1. The van der Waals surface area contributed by atoms with Gasteiger partial charge in [0.15, 0.2) is 0 Å². The van der Waals surface area contributed by atoms with E-state index in [0.29, 0.717) is 34.5 Å². The van der Waals surface area contributed by atoms with Gasteiger partial charge in [-0.1, -0.05) is 17.7 Å². The maximum atomic E-state index is 11.7. The highest BCUT2D eigenvalue weighted by atomic mass is 35.5. The van der Waals surface area contributed by atoms with Crippen molar-refractivity contribution in [3.63, 3.8) is 0 Å². The van der Waals surface area contributed by atoms with Crippen molar-refractivity contribution in [2.45, 2.75) is 6.61 Å². The van der Waals surface area contributed by atoms with Crippen molar-refractivity contribution in [3.8, 4) is 11.6 Å². The predicted molar refractivity (Wildman–Crippen MR) is 94.6 cm³/mol. The molecule has 0 spiro atoms.